The molecule has 260 valence electrons. The van der Waals surface area contributed by atoms with Gasteiger partial charge in [-0.3, -0.25) is 24.0 Å². The summed E-state index contributed by atoms with van der Waals surface area (Å²) in [5, 5.41) is 20.7. The van der Waals surface area contributed by atoms with Crippen LogP contribution in [0.15, 0.2) is 78.9 Å². The fourth-order valence-corrected chi connectivity index (χ4v) is 5.62. The Balaban J connectivity index is 1.62. The van der Waals surface area contributed by atoms with Gasteiger partial charge in [0.25, 0.3) is 11.8 Å². The van der Waals surface area contributed by atoms with Gasteiger partial charge in [0.05, 0.1) is 6.61 Å². The van der Waals surface area contributed by atoms with Gasteiger partial charge in [-0.2, -0.15) is 0 Å². The van der Waals surface area contributed by atoms with Crippen LogP contribution in [0.3, 0.4) is 0 Å². The van der Waals surface area contributed by atoms with Gasteiger partial charge in [-0.05, 0) is 73.1 Å². The summed E-state index contributed by atoms with van der Waals surface area (Å²) in [6.45, 7) is 6.38. The maximum atomic E-state index is 13.7. The lowest BCUT2D eigenvalue weighted by atomic mass is 10.0. The van der Waals surface area contributed by atoms with Crippen molar-refractivity contribution in [1.82, 2.24) is 26.2 Å². The Hall–Kier alpha value is -5.03. The Kier molecular flexibility index (Phi) is 13.5. The monoisotopic (exact) mass is 669 g/mol. The molecule has 0 spiro atoms. The smallest absolute Gasteiger partial charge is 0.254 e. The van der Waals surface area contributed by atoms with Gasteiger partial charge >= 0.3 is 0 Å². The fourth-order valence-electron chi connectivity index (χ4n) is 5.62. The number of aliphatic hydroxyl groups excluding tert-OH is 1. The summed E-state index contributed by atoms with van der Waals surface area (Å²) >= 11 is 0. The number of carbonyl (C=O) groups excluding carboxylic acids is 5. The maximum Gasteiger partial charge on any atom is 0.254 e. The SMILES string of the molecule is CC(C)C[C@@H]1NC(=O)[C@@H](Cc2ccccc2)NC(=O)c2ccc(cc2)CN(C(=O)c2ccc(CO)cc2)CCCCNC(=O)[C@@H](C)NC1=O. The van der Waals surface area contributed by atoms with Crippen molar-refractivity contribution in [3.8, 4) is 0 Å². The van der Waals surface area contributed by atoms with E-state index < -0.39 is 35.8 Å². The van der Waals surface area contributed by atoms with Crippen LogP contribution in [0.2, 0.25) is 0 Å². The van der Waals surface area contributed by atoms with E-state index in [2.05, 4.69) is 21.3 Å². The largest absolute Gasteiger partial charge is 0.392 e. The van der Waals surface area contributed by atoms with Crippen LogP contribution in [0.1, 0.15) is 77.4 Å². The number of aliphatic hydroxyl groups is 1. The van der Waals surface area contributed by atoms with E-state index in [4.69, 9.17) is 0 Å². The number of rotatable bonds is 6. The predicted molar refractivity (Wildman–Crippen MR) is 186 cm³/mol. The average molecular weight is 670 g/mol. The van der Waals surface area contributed by atoms with E-state index >= 15 is 0 Å². The number of carbonyl (C=O) groups is 5. The molecule has 2 heterocycles. The van der Waals surface area contributed by atoms with E-state index in [1.165, 1.54) is 0 Å². The normalized spacial score (nSPS) is 20.1. The molecule has 3 atom stereocenters. The van der Waals surface area contributed by atoms with Crippen molar-refractivity contribution in [1.29, 1.82) is 0 Å². The molecule has 11 nitrogen and oxygen atoms in total. The fraction of sp³-hybridized carbons (Fsp3) is 0.395. The highest BCUT2D eigenvalue weighted by Crippen LogP contribution is 2.15. The molecule has 5 amide bonds. The van der Waals surface area contributed by atoms with Gasteiger partial charge in [-0.25, -0.2) is 0 Å². The molecular weight excluding hydrogens is 622 g/mol. The molecule has 2 aliphatic rings. The van der Waals surface area contributed by atoms with Gasteiger partial charge in [0.2, 0.25) is 17.7 Å². The zero-order valence-corrected chi connectivity index (χ0v) is 28.4. The van der Waals surface area contributed by atoms with Gasteiger partial charge in [0, 0.05) is 37.2 Å². The van der Waals surface area contributed by atoms with Gasteiger partial charge in [0.1, 0.15) is 18.1 Å². The highest BCUT2D eigenvalue weighted by Gasteiger charge is 2.29. The van der Waals surface area contributed by atoms with E-state index in [0.29, 0.717) is 49.0 Å². The molecule has 5 rings (SSSR count). The Bertz CT molecular complexity index is 1580. The summed E-state index contributed by atoms with van der Waals surface area (Å²) in [7, 11) is 0. The Morgan fingerprint density at radius 2 is 1.47 bits per heavy atom. The second kappa shape index (κ2) is 17.9. The highest BCUT2D eigenvalue weighted by atomic mass is 16.3. The van der Waals surface area contributed by atoms with Crippen molar-refractivity contribution in [3.63, 3.8) is 0 Å². The van der Waals surface area contributed by atoms with Crippen LogP contribution in [0.25, 0.3) is 0 Å². The molecule has 0 aromatic heterocycles. The minimum absolute atomic E-state index is 0.0571. The van der Waals surface area contributed by atoms with Crippen molar-refractivity contribution in [3.05, 3.63) is 107 Å². The molecule has 0 saturated heterocycles. The van der Waals surface area contributed by atoms with E-state index in [0.717, 1.165) is 11.1 Å². The quantitative estimate of drug-likeness (QED) is 0.254. The lowest BCUT2D eigenvalue weighted by Gasteiger charge is -2.25. The topological polar surface area (TPSA) is 157 Å². The zero-order chi connectivity index (χ0) is 35.3. The first-order valence-corrected chi connectivity index (χ1v) is 16.8. The number of benzene rings is 3. The van der Waals surface area contributed by atoms with E-state index in [9.17, 15) is 29.1 Å². The van der Waals surface area contributed by atoms with Crippen molar-refractivity contribution >= 4 is 29.5 Å². The van der Waals surface area contributed by atoms with Crippen LogP contribution in [-0.2, 0) is 34.0 Å². The molecule has 0 aliphatic carbocycles. The molecule has 0 fully saturated rings. The molecule has 0 unspecified atom stereocenters. The van der Waals surface area contributed by atoms with Crippen LogP contribution in [0.4, 0.5) is 0 Å². The third-order valence-electron chi connectivity index (χ3n) is 8.41. The molecule has 2 aliphatic heterocycles. The molecule has 11 heteroatoms. The maximum absolute atomic E-state index is 13.7. The first-order valence-electron chi connectivity index (χ1n) is 16.8. The second-order valence-corrected chi connectivity index (χ2v) is 12.9. The van der Waals surface area contributed by atoms with Crippen molar-refractivity contribution in [2.24, 2.45) is 5.92 Å². The first-order chi connectivity index (χ1) is 23.5. The molecule has 0 radical (unpaired) electrons. The minimum Gasteiger partial charge on any atom is -0.392 e. The molecule has 0 saturated carbocycles. The summed E-state index contributed by atoms with van der Waals surface area (Å²) < 4.78 is 0. The summed E-state index contributed by atoms with van der Waals surface area (Å²) in [4.78, 5) is 68.8. The number of fused-ring (bicyclic) bond motifs is 18. The van der Waals surface area contributed by atoms with Gasteiger partial charge in [-0.1, -0.05) is 68.4 Å². The summed E-state index contributed by atoms with van der Waals surface area (Å²) in [6, 6.07) is 20.2. The predicted octanol–water partition coefficient (Wildman–Crippen LogP) is 3.11. The standard InChI is InChI=1S/C38H47N5O6/c1-25(2)21-32-36(47)40-26(3)34(45)39-19-7-8-20-43(38(49)31-17-13-29(24-44)14-18-31)23-28-11-15-30(16-12-28)35(46)41-33(37(48)42-32)22-27-9-5-4-6-10-27/h4-6,9-18,25-26,32-33,44H,7-8,19-24H2,1-3H3,(H,39,45)(H,40,47)(H,41,46)(H,42,48)/t26-,32+,33-/m1/s1. The Morgan fingerprint density at radius 1 is 0.796 bits per heavy atom. The number of hydrogen-bond donors (Lipinski definition) is 5. The molecule has 49 heavy (non-hydrogen) atoms. The molecule has 3 aromatic carbocycles. The number of amides is 5. The summed E-state index contributed by atoms with van der Waals surface area (Å²) in [6.07, 6.45) is 1.72. The highest BCUT2D eigenvalue weighted by molar-refractivity contribution is 5.99. The first kappa shape index (κ1) is 36.8. The van der Waals surface area contributed by atoms with Crippen LogP contribution < -0.4 is 21.3 Å². The third-order valence-corrected chi connectivity index (χ3v) is 8.41. The molecule has 3 aromatic rings. The number of hydrogen-bond acceptors (Lipinski definition) is 6. The summed E-state index contributed by atoms with van der Waals surface area (Å²) in [5.41, 5.74) is 3.16. The zero-order valence-electron chi connectivity index (χ0n) is 28.4. The molecular formula is C38H47N5O6. The number of nitrogens with one attached hydrogen (secondary N) is 4. The van der Waals surface area contributed by atoms with Crippen molar-refractivity contribution < 1.29 is 29.1 Å². The number of nitrogens with zero attached hydrogens (tertiary/aromatic N) is 1. The second-order valence-electron chi connectivity index (χ2n) is 12.9. The van der Waals surface area contributed by atoms with Crippen molar-refractivity contribution in [2.45, 2.75) is 77.7 Å². The Labute approximate surface area is 287 Å². The van der Waals surface area contributed by atoms with Crippen LogP contribution >= 0.6 is 0 Å². The average Bonchev–Trinajstić information content (AvgIpc) is 3.10. The van der Waals surface area contributed by atoms with Crippen LogP contribution in [0, 0.1) is 5.92 Å². The minimum atomic E-state index is -0.989. The van der Waals surface area contributed by atoms with Gasteiger partial charge in [0.15, 0.2) is 0 Å². The van der Waals surface area contributed by atoms with Crippen molar-refractivity contribution in [2.75, 3.05) is 13.1 Å². The lowest BCUT2D eigenvalue weighted by molar-refractivity contribution is -0.132. The van der Waals surface area contributed by atoms with E-state index in [1.807, 2.05) is 44.2 Å². The lowest BCUT2D eigenvalue weighted by Crippen LogP contribution is -2.57. The molecule has 2 bridgehead atoms. The third kappa shape index (κ3) is 11.0. The van der Waals surface area contributed by atoms with E-state index in [1.54, 1.807) is 60.4 Å². The summed E-state index contributed by atoms with van der Waals surface area (Å²) in [5.74, 6) is -1.95. The van der Waals surface area contributed by atoms with E-state index in [-0.39, 0.29) is 37.3 Å². The van der Waals surface area contributed by atoms with Gasteiger partial charge < -0.3 is 31.3 Å². The molecule has 5 N–H and O–H groups in total. The van der Waals surface area contributed by atoms with Crippen LogP contribution in [-0.4, -0.2) is 70.8 Å². The Morgan fingerprint density at radius 3 is 2.12 bits per heavy atom. The van der Waals surface area contributed by atoms with Crippen LogP contribution in [0.5, 0.6) is 0 Å². The van der Waals surface area contributed by atoms with Gasteiger partial charge in [-0.15, -0.1) is 0 Å².